The number of aryl methyl sites for hydroxylation is 2. The minimum atomic E-state index is -0.206. The Hall–Kier alpha value is -1.95. The van der Waals surface area contributed by atoms with Gasteiger partial charge in [0.15, 0.2) is 0 Å². The van der Waals surface area contributed by atoms with Crippen LogP contribution in [-0.4, -0.2) is 23.0 Å². The van der Waals surface area contributed by atoms with Gasteiger partial charge in [-0.15, -0.1) is 11.8 Å². The molecule has 5 nitrogen and oxygen atoms in total. The Bertz CT molecular complexity index is 650. The number of amides is 2. The molecule has 23 heavy (non-hydrogen) atoms. The molecule has 2 N–H and O–H groups in total. The van der Waals surface area contributed by atoms with E-state index in [1.54, 1.807) is 11.8 Å². The van der Waals surface area contributed by atoms with Crippen molar-refractivity contribution in [2.45, 2.75) is 45.1 Å². The number of anilines is 1. The molecule has 1 atom stereocenters. The highest BCUT2D eigenvalue weighted by Gasteiger charge is 2.14. The summed E-state index contributed by atoms with van der Waals surface area (Å²) in [4.78, 5) is 13.3. The summed E-state index contributed by atoms with van der Waals surface area (Å²) in [6.07, 6.45) is 0.695. The van der Waals surface area contributed by atoms with Crippen LogP contribution in [0.4, 0.5) is 10.5 Å². The molecule has 0 radical (unpaired) electrons. The molecule has 6 heteroatoms. The maximum atomic E-state index is 12.1. The van der Waals surface area contributed by atoms with Crippen LogP contribution in [-0.2, 0) is 6.42 Å². The van der Waals surface area contributed by atoms with E-state index < -0.39 is 0 Å². The van der Waals surface area contributed by atoms with Gasteiger partial charge in [0.05, 0.1) is 5.69 Å². The van der Waals surface area contributed by atoms with E-state index in [-0.39, 0.29) is 12.1 Å². The lowest BCUT2D eigenvalue weighted by atomic mass is 10.1. The number of urea groups is 1. The van der Waals surface area contributed by atoms with Gasteiger partial charge in [0.25, 0.3) is 0 Å². The van der Waals surface area contributed by atoms with E-state index in [4.69, 9.17) is 4.52 Å². The summed E-state index contributed by atoms with van der Waals surface area (Å²) in [6, 6.07) is 7.63. The zero-order valence-electron chi connectivity index (χ0n) is 14.0. The molecule has 0 saturated heterocycles. The highest BCUT2D eigenvalue weighted by molar-refractivity contribution is 7.99. The topological polar surface area (TPSA) is 67.2 Å². The quantitative estimate of drug-likeness (QED) is 0.779. The highest BCUT2D eigenvalue weighted by Crippen LogP contribution is 2.21. The van der Waals surface area contributed by atoms with Gasteiger partial charge in [-0.25, -0.2) is 4.79 Å². The van der Waals surface area contributed by atoms with Crippen molar-refractivity contribution >= 4 is 23.5 Å². The van der Waals surface area contributed by atoms with Gasteiger partial charge in [0.2, 0.25) is 0 Å². The van der Waals surface area contributed by atoms with Crippen molar-refractivity contribution in [1.82, 2.24) is 10.5 Å². The number of hydrogen-bond donors (Lipinski definition) is 2. The molecule has 1 heterocycles. The van der Waals surface area contributed by atoms with Crippen LogP contribution in [0.2, 0.25) is 0 Å². The third-order valence-corrected chi connectivity index (χ3v) is 4.35. The van der Waals surface area contributed by atoms with Gasteiger partial charge in [-0.1, -0.05) is 18.1 Å². The Balaban J connectivity index is 1.90. The van der Waals surface area contributed by atoms with Crippen molar-refractivity contribution in [3.05, 3.63) is 41.3 Å². The molecule has 0 bridgehead atoms. The molecule has 1 aromatic carbocycles. The smallest absolute Gasteiger partial charge is 0.319 e. The van der Waals surface area contributed by atoms with Crippen LogP contribution in [0.15, 0.2) is 33.7 Å². The van der Waals surface area contributed by atoms with Crippen LogP contribution < -0.4 is 10.6 Å². The van der Waals surface area contributed by atoms with Gasteiger partial charge in [-0.05, 0) is 51.1 Å². The Kier molecular flexibility index (Phi) is 6.10. The molecule has 0 spiro atoms. The Morgan fingerprint density at radius 3 is 2.83 bits per heavy atom. The third kappa shape index (κ3) is 5.03. The summed E-state index contributed by atoms with van der Waals surface area (Å²) < 4.78 is 5.15. The van der Waals surface area contributed by atoms with Crippen LogP contribution in [0.3, 0.4) is 0 Å². The van der Waals surface area contributed by atoms with Gasteiger partial charge in [0, 0.05) is 22.2 Å². The van der Waals surface area contributed by atoms with Crippen molar-refractivity contribution in [3.8, 4) is 0 Å². The van der Waals surface area contributed by atoms with Crippen molar-refractivity contribution in [1.29, 1.82) is 0 Å². The molecule has 0 aliphatic carbocycles. The average molecular weight is 333 g/mol. The molecule has 2 amide bonds. The van der Waals surface area contributed by atoms with Crippen molar-refractivity contribution in [3.63, 3.8) is 0 Å². The van der Waals surface area contributed by atoms with E-state index in [1.165, 1.54) is 0 Å². The predicted molar refractivity (Wildman–Crippen MR) is 94.1 cm³/mol. The SMILES string of the molecule is CCSc1cccc(NC(=O)N[C@H](C)Cc2c(C)noc2C)c1. The lowest BCUT2D eigenvalue weighted by molar-refractivity contribution is 0.249. The van der Waals surface area contributed by atoms with Crippen LogP contribution >= 0.6 is 11.8 Å². The van der Waals surface area contributed by atoms with E-state index in [9.17, 15) is 4.79 Å². The summed E-state index contributed by atoms with van der Waals surface area (Å²) in [5, 5.41) is 9.76. The van der Waals surface area contributed by atoms with E-state index in [2.05, 4.69) is 22.7 Å². The number of benzene rings is 1. The van der Waals surface area contributed by atoms with E-state index in [1.807, 2.05) is 45.0 Å². The fourth-order valence-corrected chi connectivity index (χ4v) is 3.09. The largest absolute Gasteiger partial charge is 0.361 e. The van der Waals surface area contributed by atoms with Crippen LogP contribution in [0.25, 0.3) is 0 Å². The Morgan fingerprint density at radius 1 is 1.39 bits per heavy atom. The first-order valence-electron chi connectivity index (χ1n) is 7.71. The van der Waals surface area contributed by atoms with Gasteiger partial charge in [-0.2, -0.15) is 0 Å². The normalized spacial score (nSPS) is 12.0. The summed E-state index contributed by atoms with van der Waals surface area (Å²) in [5.74, 6) is 1.81. The summed E-state index contributed by atoms with van der Waals surface area (Å²) in [7, 11) is 0. The van der Waals surface area contributed by atoms with Gasteiger partial charge in [-0.3, -0.25) is 0 Å². The summed E-state index contributed by atoms with van der Waals surface area (Å²) in [6.45, 7) is 7.87. The van der Waals surface area contributed by atoms with Crippen LogP contribution in [0.5, 0.6) is 0 Å². The summed E-state index contributed by atoms with van der Waals surface area (Å²) >= 11 is 1.75. The molecule has 0 fully saturated rings. The zero-order chi connectivity index (χ0) is 16.8. The number of thioether (sulfide) groups is 1. The second kappa shape index (κ2) is 8.06. The number of nitrogens with zero attached hydrogens (tertiary/aromatic N) is 1. The lowest BCUT2D eigenvalue weighted by Crippen LogP contribution is -2.37. The maximum absolute atomic E-state index is 12.1. The monoisotopic (exact) mass is 333 g/mol. The molecule has 1 aromatic heterocycles. The molecule has 124 valence electrons. The standard InChI is InChI=1S/C17H23N3O2S/c1-5-23-15-8-6-7-14(10-15)19-17(21)18-11(2)9-16-12(3)20-22-13(16)4/h6-8,10-11H,5,9H2,1-4H3,(H2,18,19,21)/t11-/m1/s1. The van der Waals surface area contributed by atoms with Gasteiger partial charge < -0.3 is 15.2 Å². The predicted octanol–water partition coefficient (Wildman–Crippen LogP) is 4.16. The summed E-state index contributed by atoms with van der Waals surface area (Å²) in [5.41, 5.74) is 2.73. The molecular formula is C17H23N3O2S. The lowest BCUT2D eigenvalue weighted by Gasteiger charge is -2.15. The third-order valence-electron chi connectivity index (χ3n) is 3.47. The molecule has 2 aromatic rings. The highest BCUT2D eigenvalue weighted by atomic mass is 32.2. The van der Waals surface area contributed by atoms with Gasteiger partial charge in [0.1, 0.15) is 5.76 Å². The van der Waals surface area contributed by atoms with E-state index in [0.29, 0.717) is 6.42 Å². The fraction of sp³-hybridized carbons (Fsp3) is 0.412. The number of aromatic nitrogens is 1. The van der Waals surface area contributed by atoms with Gasteiger partial charge >= 0.3 is 6.03 Å². The average Bonchev–Trinajstić information content (AvgIpc) is 2.79. The van der Waals surface area contributed by atoms with Crippen molar-refractivity contribution in [2.24, 2.45) is 0 Å². The van der Waals surface area contributed by atoms with E-state index in [0.717, 1.165) is 33.4 Å². The van der Waals surface area contributed by atoms with E-state index >= 15 is 0 Å². The maximum Gasteiger partial charge on any atom is 0.319 e. The molecule has 0 saturated carbocycles. The van der Waals surface area contributed by atoms with Crippen molar-refractivity contribution in [2.75, 3.05) is 11.1 Å². The number of rotatable bonds is 6. The fourth-order valence-electron chi connectivity index (χ4n) is 2.37. The minimum Gasteiger partial charge on any atom is -0.361 e. The number of carbonyl (C=O) groups excluding carboxylic acids is 1. The Labute approximate surface area is 141 Å². The molecular weight excluding hydrogens is 310 g/mol. The first-order valence-corrected chi connectivity index (χ1v) is 8.70. The van der Waals surface area contributed by atoms with Crippen LogP contribution in [0, 0.1) is 13.8 Å². The first-order chi connectivity index (χ1) is 11.0. The molecule has 0 aliphatic heterocycles. The second-order valence-corrected chi connectivity index (χ2v) is 6.80. The number of hydrogen-bond acceptors (Lipinski definition) is 4. The zero-order valence-corrected chi connectivity index (χ0v) is 14.8. The minimum absolute atomic E-state index is 0.0139. The molecule has 2 rings (SSSR count). The second-order valence-electron chi connectivity index (χ2n) is 5.47. The van der Waals surface area contributed by atoms with Crippen molar-refractivity contribution < 1.29 is 9.32 Å². The molecule has 0 aliphatic rings. The molecule has 0 unspecified atom stereocenters. The van der Waals surface area contributed by atoms with Crippen LogP contribution in [0.1, 0.15) is 30.9 Å². The number of carbonyl (C=O) groups is 1. The first kappa shape index (κ1) is 17.4. The number of nitrogens with one attached hydrogen (secondary N) is 2. The Morgan fingerprint density at radius 2 is 2.17 bits per heavy atom.